The Morgan fingerprint density at radius 3 is 2.69 bits per heavy atom. The van der Waals surface area contributed by atoms with Crippen LogP contribution in [-0.2, 0) is 0 Å². The zero-order valence-corrected chi connectivity index (χ0v) is 10.4. The fourth-order valence-electron chi connectivity index (χ4n) is 1.21. The molecule has 0 saturated heterocycles. The normalized spacial score (nSPS) is 11.9. The summed E-state index contributed by atoms with van der Waals surface area (Å²) in [6.07, 6.45) is 0. The predicted molar refractivity (Wildman–Crippen MR) is 67.3 cm³/mol. The molecule has 1 aromatic heterocycles. The van der Waals surface area contributed by atoms with Crippen molar-refractivity contribution in [3.8, 4) is 0 Å². The third-order valence-corrected chi connectivity index (χ3v) is 2.76. The molecule has 1 atom stereocenters. The number of nitrogens with zero attached hydrogens (tertiary/aromatic N) is 2. The minimum absolute atomic E-state index is 0.177. The molecule has 0 aliphatic rings. The number of rotatable bonds is 3. The summed E-state index contributed by atoms with van der Waals surface area (Å²) in [5, 5.41) is 0. The van der Waals surface area contributed by atoms with E-state index in [0.717, 1.165) is 5.69 Å². The molecular weight excluding hydrogens is 222 g/mol. The maximum absolute atomic E-state index is 12.0. The van der Waals surface area contributed by atoms with Gasteiger partial charge < -0.3 is 10.6 Å². The fourth-order valence-corrected chi connectivity index (χ4v) is 1.37. The fraction of sp³-hybridized carbons (Fsp3) is 0.364. The van der Waals surface area contributed by atoms with E-state index < -0.39 is 0 Å². The summed E-state index contributed by atoms with van der Waals surface area (Å²) in [5.41, 5.74) is 6.72. The zero-order valence-electron chi connectivity index (χ0n) is 9.60. The van der Waals surface area contributed by atoms with E-state index in [4.69, 9.17) is 18.0 Å². The largest absolute Gasteiger partial charge is 0.392 e. The van der Waals surface area contributed by atoms with Crippen LogP contribution in [-0.4, -0.2) is 33.9 Å². The van der Waals surface area contributed by atoms with E-state index in [1.165, 1.54) is 4.90 Å². The topological polar surface area (TPSA) is 59.2 Å². The van der Waals surface area contributed by atoms with Crippen molar-refractivity contribution >= 4 is 23.1 Å². The standard InChI is InChI=1S/C11H15N3OS/c1-7-5-4-6-9(13-7)11(15)14(3)8(2)10(12)16/h4-6,8H,1-3H3,(H2,12,16). The van der Waals surface area contributed by atoms with Gasteiger partial charge in [0.2, 0.25) is 0 Å². The lowest BCUT2D eigenvalue weighted by molar-refractivity contribution is 0.0773. The van der Waals surface area contributed by atoms with Crippen LogP contribution >= 0.6 is 12.2 Å². The number of aromatic nitrogens is 1. The molecule has 1 unspecified atom stereocenters. The zero-order chi connectivity index (χ0) is 12.3. The first-order chi connectivity index (χ1) is 7.43. The third kappa shape index (κ3) is 2.76. The average molecular weight is 237 g/mol. The van der Waals surface area contributed by atoms with Crippen molar-refractivity contribution in [2.45, 2.75) is 19.9 Å². The second kappa shape index (κ2) is 5.03. The number of pyridine rings is 1. The molecule has 0 spiro atoms. The van der Waals surface area contributed by atoms with Crippen molar-refractivity contribution < 1.29 is 4.79 Å². The second-order valence-corrected chi connectivity index (χ2v) is 4.13. The van der Waals surface area contributed by atoms with Crippen molar-refractivity contribution in [2.24, 2.45) is 5.73 Å². The molecule has 0 saturated carbocycles. The number of carbonyl (C=O) groups is 1. The first-order valence-corrected chi connectivity index (χ1v) is 5.34. The van der Waals surface area contributed by atoms with Crippen LogP contribution < -0.4 is 5.73 Å². The Bertz CT molecular complexity index is 419. The SMILES string of the molecule is Cc1cccc(C(=O)N(C)C(C)C(N)=S)n1. The van der Waals surface area contributed by atoms with Crippen LogP contribution in [0, 0.1) is 6.92 Å². The summed E-state index contributed by atoms with van der Waals surface area (Å²) < 4.78 is 0. The molecule has 2 N–H and O–H groups in total. The highest BCUT2D eigenvalue weighted by Crippen LogP contribution is 2.05. The van der Waals surface area contributed by atoms with Crippen LogP contribution in [0.4, 0.5) is 0 Å². The molecule has 1 rings (SSSR count). The van der Waals surface area contributed by atoms with E-state index >= 15 is 0 Å². The Labute approximate surface area is 100 Å². The maximum Gasteiger partial charge on any atom is 0.272 e. The predicted octanol–water partition coefficient (Wildman–Crippen LogP) is 1.14. The van der Waals surface area contributed by atoms with Gasteiger partial charge in [0, 0.05) is 12.7 Å². The lowest BCUT2D eigenvalue weighted by Crippen LogP contribution is -2.43. The van der Waals surface area contributed by atoms with E-state index in [1.54, 1.807) is 26.1 Å². The van der Waals surface area contributed by atoms with Crippen LogP contribution in [0.25, 0.3) is 0 Å². The van der Waals surface area contributed by atoms with Crippen molar-refractivity contribution in [3.63, 3.8) is 0 Å². The summed E-state index contributed by atoms with van der Waals surface area (Å²) in [5.74, 6) is -0.177. The van der Waals surface area contributed by atoms with Crippen molar-refractivity contribution in [2.75, 3.05) is 7.05 Å². The molecule has 0 aromatic carbocycles. The van der Waals surface area contributed by atoms with Gasteiger partial charge in [0.25, 0.3) is 5.91 Å². The molecule has 5 heteroatoms. The van der Waals surface area contributed by atoms with Gasteiger partial charge in [-0.3, -0.25) is 4.79 Å². The first-order valence-electron chi connectivity index (χ1n) is 4.93. The van der Waals surface area contributed by atoms with Crippen LogP contribution in [0.5, 0.6) is 0 Å². The van der Waals surface area contributed by atoms with Crippen molar-refractivity contribution in [1.29, 1.82) is 0 Å². The number of likely N-dealkylation sites (N-methyl/N-ethyl adjacent to an activating group) is 1. The molecule has 4 nitrogen and oxygen atoms in total. The van der Waals surface area contributed by atoms with E-state index in [1.807, 2.05) is 13.0 Å². The van der Waals surface area contributed by atoms with E-state index in [0.29, 0.717) is 10.7 Å². The number of carbonyl (C=O) groups excluding carboxylic acids is 1. The molecule has 1 heterocycles. The molecule has 0 bridgehead atoms. The number of aryl methyl sites for hydroxylation is 1. The number of nitrogens with two attached hydrogens (primary N) is 1. The minimum Gasteiger partial charge on any atom is -0.392 e. The Hall–Kier alpha value is -1.49. The minimum atomic E-state index is -0.273. The smallest absolute Gasteiger partial charge is 0.272 e. The Balaban J connectivity index is 2.90. The number of hydrogen-bond donors (Lipinski definition) is 1. The second-order valence-electron chi connectivity index (χ2n) is 3.66. The van der Waals surface area contributed by atoms with E-state index in [2.05, 4.69) is 4.98 Å². The van der Waals surface area contributed by atoms with Crippen LogP contribution in [0.15, 0.2) is 18.2 Å². The van der Waals surface area contributed by atoms with Crippen LogP contribution in [0.2, 0.25) is 0 Å². The summed E-state index contributed by atoms with van der Waals surface area (Å²) >= 11 is 4.85. The van der Waals surface area contributed by atoms with Gasteiger partial charge in [-0.05, 0) is 26.0 Å². The van der Waals surface area contributed by atoms with E-state index in [-0.39, 0.29) is 11.9 Å². The summed E-state index contributed by atoms with van der Waals surface area (Å²) in [4.78, 5) is 17.9. The van der Waals surface area contributed by atoms with Gasteiger partial charge in [-0.25, -0.2) is 4.98 Å². The van der Waals surface area contributed by atoms with E-state index in [9.17, 15) is 4.79 Å². The third-order valence-electron chi connectivity index (χ3n) is 2.42. The quantitative estimate of drug-likeness (QED) is 0.801. The van der Waals surface area contributed by atoms with Gasteiger partial charge >= 0.3 is 0 Å². The van der Waals surface area contributed by atoms with Gasteiger partial charge in [-0.15, -0.1) is 0 Å². The van der Waals surface area contributed by atoms with Gasteiger partial charge in [0.05, 0.1) is 11.0 Å². The molecule has 0 fully saturated rings. The molecule has 0 aliphatic carbocycles. The van der Waals surface area contributed by atoms with Crippen LogP contribution in [0.1, 0.15) is 23.1 Å². The van der Waals surface area contributed by atoms with Gasteiger partial charge in [0.15, 0.2) is 0 Å². The Morgan fingerprint density at radius 1 is 1.56 bits per heavy atom. The molecule has 1 aromatic rings. The lowest BCUT2D eigenvalue weighted by Gasteiger charge is -2.23. The average Bonchev–Trinajstić information content (AvgIpc) is 2.26. The molecule has 0 radical (unpaired) electrons. The molecule has 16 heavy (non-hydrogen) atoms. The summed E-state index contributed by atoms with van der Waals surface area (Å²) in [6, 6.07) is 5.05. The first kappa shape index (κ1) is 12.6. The maximum atomic E-state index is 12.0. The highest BCUT2D eigenvalue weighted by molar-refractivity contribution is 7.80. The summed E-state index contributed by atoms with van der Waals surface area (Å²) in [7, 11) is 1.66. The van der Waals surface area contributed by atoms with Crippen molar-refractivity contribution in [3.05, 3.63) is 29.6 Å². The Kier molecular flexibility index (Phi) is 3.95. The number of hydrogen-bond acceptors (Lipinski definition) is 3. The molecular formula is C11H15N3OS. The van der Waals surface area contributed by atoms with Crippen LogP contribution in [0.3, 0.4) is 0 Å². The number of thiocarbonyl (C=S) groups is 1. The highest BCUT2D eigenvalue weighted by Gasteiger charge is 2.20. The monoisotopic (exact) mass is 237 g/mol. The lowest BCUT2D eigenvalue weighted by atomic mass is 10.2. The van der Waals surface area contributed by atoms with Gasteiger partial charge in [-0.1, -0.05) is 18.3 Å². The highest BCUT2D eigenvalue weighted by atomic mass is 32.1. The Morgan fingerprint density at radius 2 is 2.19 bits per heavy atom. The molecule has 1 amide bonds. The van der Waals surface area contributed by atoms with Gasteiger partial charge in [-0.2, -0.15) is 0 Å². The molecule has 0 aliphatic heterocycles. The number of amides is 1. The summed E-state index contributed by atoms with van der Waals surface area (Å²) in [6.45, 7) is 3.63. The van der Waals surface area contributed by atoms with Crippen molar-refractivity contribution in [1.82, 2.24) is 9.88 Å². The van der Waals surface area contributed by atoms with Gasteiger partial charge in [0.1, 0.15) is 5.69 Å². The molecule has 86 valence electrons.